The van der Waals surface area contributed by atoms with Gasteiger partial charge in [-0.15, -0.1) is 0 Å². The van der Waals surface area contributed by atoms with Gasteiger partial charge in [-0.1, -0.05) is 0 Å². The van der Waals surface area contributed by atoms with Gasteiger partial charge < -0.3 is 9.84 Å². The first-order chi connectivity index (χ1) is 10.6. The SMILES string of the molecule is CC(C)(O)c1ccc(Br)cn1.COC(C)(C)c1ccc(Br)cn1. The van der Waals surface area contributed by atoms with Crippen LogP contribution in [0.5, 0.6) is 0 Å². The highest BCUT2D eigenvalue weighted by atomic mass is 79.9. The summed E-state index contributed by atoms with van der Waals surface area (Å²) in [5.74, 6) is 0. The van der Waals surface area contributed by atoms with Crippen molar-refractivity contribution in [2.24, 2.45) is 0 Å². The third kappa shape index (κ3) is 6.67. The van der Waals surface area contributed by atoms with E-state index in [9.17, 15) is 5.11 Å². The van der Waals surface area contributed by atoms with Crippen molar-refractivity contribution in [2.75, 3.05) is 7.11 Å². The minimum Gasteiger partial charge on any atom is -0.384 e. The van der Waals surface area contributed by atoms with Crippen LogP contribution >= 0.6 is 31.9 Å². The summed E-state index contributed by atoms with van der Waals surface area (Å²) in [6, 6.07) is 7.57. The molecule has 0 amide bonds. The van der Waals surface area contributed by atoms with E-state index in [-0.39, 0.29) is 5.60 Å². The van der Waals surface area contributed by atoms with Crippen molar-refractivity contribution in [3.05, 3.63) is 57.0 Å². The second kappa shape index (κ2) is 8.33. The van der Waals surface area contributed by atoms with E-state index in [1.54, 1.807) is 39.4 Å². The third-order valence-corrected chi connectivity index (χ3v) is 4.15. The summed E-state index contributed by atoms with van der Waals surface area (Å²) in [5.41, 5.74) is 0.468. The van der Waals surface area contributed by atoms with Crippen molar-refractivity contribution in [3.8, 4) is 0 Å². The normalized spacial score (nSPS) is 11.7. The standard InChI is InChI=1S/C9H12BrNO.C8H10BrNO/c1-9(2,12-3)8-5-4-7(10)6-11-8;1-8(2,11)7-4-3-6(9)5-10-7/h4-6H,1-3H3;3-5,11H,1-2H3. The molecule has 0 bridgehead atoms. The van der Waals surface area contributed by atoms with E-state index in [2.05, 4.69) is 41.8 Å². The molecule has 0 spiro atoms. The van der Waals surface area contributed by atoms with Crippen LogP contribution in [0.1, 0.15) is 39.1 Å². The van der Waals surface area contributed by atoms with Crippen molar-refractivity contribution in [3.63, 3.8) is 0 Å². The maximum absolute atomic E-state index is 9.50. The van der Waals surface area contributed by atoms with Crippen molar-refractivity contribution < 1.29 is 9.84 Å². The first-order valence-corrected chi connectivity index (χ1v) is 8.66. The molecule has 126 valence electrons. The molecule has 0 saturated carbocycles. The molecule has 0 aliphatic carbocycles. The van der Waals surface area contributed by atoms with Crippen molar-refractivity contribution in [1.82, 2.24) is 9.97 Å². The van der Waals surface area contributed by atoms with Crippen LogP contribution in [0.25, 0.3) is 0 Å². The molecule has 0 aliphatic heterocycles. The number of nitrogens with zero attached hydrogens (tertiary/aromatic N) is 2. The van der Waals surface area contributed by atoms with Crippen LogP contribution in [0.3, 0.4) is 0 Å². The van der Waals surface area contributed by atoms with Gasteiger partial charge in [0.2, 0.25) is 0 Å². The van der Waals surface area contributed by atoms with E-state index in [4.69, 9.17) is 4.74 Å². The van der Waals surface area contributed by atoms with Gasteiger partial charge in [-0.05, 0) is 83.8 Å². The van der Waals surface area contributed by atoms with Crippen LogP contribution < -0.4 is 0 Å². The topological polar surface area (TPSA) is 55.2 Å². The molecule has 1 N–H and O–H groups in total. The zero-order valence-electron chi connectivity index (χ0n) is 14.0. The maximum Gasteiger partial charge on any atom is 0.104 e. The number of hydrogen-bond donors (Lipinski definition) is 1. The Morgan fingerprint density at radius 1 is 0.870 bits per heavy atom. The lowest BCUT2D eigenvalue weighted by Gasteiger charge is -2.21. The van der Waals surface area contributed by atoms with E-state index < -0.39 is 5.60 Å². The average molecular weight is 446 g/mol. The molecule has 23 heavy (non-hydrogen) atoms. The van der Waals surface area contributed by atoms with Crippen LogP contribution in [0, 0.1) is 0 Å². The molecule has 2 aromatic heterocycles. The molecule has 0 radical (unpaired) electrons. The number of aliphatic hydroxyl groups is 1. The highest BCUT2D eigenvalue weighted by Crippen LogP contribution is 2.22. The first-order valence-electron chi connectivity index (χ1n) is 7.08. The highest BCUT2D eigenvalue weighted by Gasteiger charge is 2.20. The Kier molecular flexibility index (Phi) is 7.32. The molecule has 6 heteroatoms. The predicted octanol–water partition coefficient (Wildman–Crippen LogP) is 4.80. The second-order valence-corrected chi connectivity index (χ2v) is 7.83. The smallest absolute Gasteiger partial charge is 0.104 e. The highest BCUT2D eigenvalue weighted by molar-refractivity contribution is 9.10. The van der Waals surface area contributed by atoms with Gasteiger partial charge in [-0.2, -0.15) is 0 Å². The fraction of sp³-hybridized carbons (Fsp3) is 0.412. The lowest BCUT2D eigenvalue weighted by molar-refractivity contribution is 0.0155. The largest absolute Gasteiger partial charge is 0.384 e. The molecule has 0 aromatic carbocycles. The third-order valence-electron chi connectivity index (χ3n) is 3.21. The summed E-state index contributed by atoms with van der Waals surface area (Å²) in [4.78, 5) is 8.30. The predicted molar refractivity (Wildman–Crippen MR) is 99.2 cm³/mol. The summed E-state index contributed by atoms with van der Waals surface area (Å²) >= 11 is 6.60. The fourth-order valence-electron chi connectivity index (χ4n) is 1.57. The molecule has 0 unspecified atom stereocenters. The second-order valence-electron chi connectivity index (χ2n) is 6.00. The summed E-state index contributed by atoms with van der Waals surface area (Å²) in [7, 11) is 1.68. The Hall–Kier alpha value is -0.820. The lowest BCUT2D eigenvalue weighted by atomic mass is 10.0. The number of hydrogen-bond acceptors (Lipinski definition) is 4. The van der Waals surface area contributed by atoms with E-state index in [0.717, 1.165) is 14.6 Å². The van der Waals surface area contributed by atoms with E-state index in [1.165, 1.54) is 0 Å². The van der Waals surface area contributed by atoms with E-state index in [1.807, 2.05) is 32.0 Å². The van der Waals surface area contributed by atoms with Crippen LogP contribution in [0.4, 0.5) is 0 Å². The Bertz CT molecular complexity index is 606. The molecule has 0 atom stereocenters. The number of rotatable bonds is 3. The summed E-state index contributed by atoms with van der Waals surface area (Å²) in [5, 5.41) is 9.50. The number of halogens is 2. The monoisotopic (exact) mass is 444 g/mol. The Morgan fingerprint density at radius 2 is 1.30 bits per heavy atom. The maximum atomic E-state index is 9.50. The van der Waals surface area contributed by atoms with Gasteiger partial charge in [0.15, 0.2) is 0 Å². The molecule has 2 aromatic rings. The van der Waals surface area contributed by atoms with Gasteiger partial charge in [-0.25, -0.2) is 0 Å². The summed E-state index contributed by atoms with van der Waals surface area (Å²) in [6.07, 6.45) is 3.45. The lowest BCUT2D eigenvalue weighted by Crippen LogP contribution is -2.20. The van der Waals surface area contributed by atoms with Crippen molar-refractivity contribution in [1.29, 1.82) is 0 Å². The fourth-order valence-corrected chi connectivity index (χ4v) is 2.04. The number of aromatic nitrogens is 2. The van der Waals surface area contributed by atoms with Gasteiger partial charge in [0.25, 0.3) is 0 Å². The van der Waals surface area contributed by atoms with Crippen molar-refractivity contribution >= 4 is 31.9 Å². The van der Waals surface area contributed by atoms with Crippen LogP contribution in [0.2, 0.25) is 0 Å². The van der Waals surface area contributed by atoms with Crippen LogP contribution in [-0.4, -0.2) is 22.2 Å². The molecule has 0 saturated heterocycles. The first kappa shape index (κ1) is 20.2. The van der Waals surface area contributed by atoms with Crippen molar-refractivity contribution in [2.45, 2.75) is 38.9 Å². The average Bonchev–Trinajstić information content (AvgIpc) is 2.48. The van der Waals surface area contributed by atoms with Crippen LogP contribution in [0.15, 0.2) is 45.6 Å². The van der Waals surface area contributed by atoms with Crippen LogP contribution in [-0.2, 0) is 15.9 Å². The minimum atomic E-state index is -0.847. The zero-order valence-corrected chi connectivity index (χ0v) is 17.1. The molecule has 2 rings (SSSR count). The van der Waals surface area contributed by atoms with Gasteiger partial charge in [0, 0.05) is 28.4 Å². The molecular formula is C17H22Br2N2O2. The minimum absolute atomic E-state index is 0.305. The molecule has 0 fully saturated rings. The summed E-state index contributed by atoms with van der Waals surface area (Å²) < 4.78 is 7.19. The Morgan fingerprint density at radius 3 is 1.61 bits per heavy atom. The molecular weight excluding hydrogens is 424 g/mol. The molecule has 0 aliphatic rings. The van der Waals surface area contributed by atoms with E-state index >= 15 is 0 Å². The van der Waals surface area contributed by atoms with Gasteiger partial charge in [-0.3, -0.25) is 9.97 Å². The number of ether oxygens (including phenoxy) is 1. The zero-order chi connectivity index (χ0) is 17.7. The van der Waals surface area contributed by atoms with Gasteiger partial charge >= 0.3 is 0 Å². The van der Waals surface area contributed by atoms with Gasteiger partial charge in [0.05, 0.1) is 11.4 Å². The molecule has 4 nitrogen and oxygen atoms in total. The summed E-state index contributed by atoms with van der Waals surface area (Å²) in [6.45, 7) is 7.40. The number of pyridine rings is 2. The van der Waals surface area contributed by atoms with Gasteiger partial charge in [0.1, 0.15) is 11.2 Å². The Balaban J connectivity index is 0.000000231. The quantitative estimate of drug-likeness (QED) is 0.737. The van der Waals surface area contributed by atoms with E-state index in [0.29, 0.717) is 5.69 Å². The molecule has 2 heterocycles. The Labute approximate surface area is 154 Å². The number of methoxy groups -OCH3 is 1.